The number of hydrogen-bond donors (Lipinski definition) is 2. The molecule has 1 saturated heterocycles. The Morgan fingerprint density at radius 1 is 1.50 bits per heavy atom. The van der Waals surface area contributed by atoms with Crippen LogP contribution < -0.4 is 5.32 Å². The summed E-state index contributed by atoms with van der Waals surface area (Å²) in [5.74, 6) is -0.723. The molecule has 0 radical (unpaired) electrons. The van der Waals surface area contributed by atoms with Crippen molar-refractivity contribution in [2.75, 3.05) is 31.6 Å². The molecule has 0 aromatic carbocycles. The van der Waals surface area contributed by atoms with Gasteiger partial charge in [0.2, 0.25) is 0 Å². The Hall–Kier alpha value is -1.11. The van der Waals surface area contributed by atoms with E-state index in [1.165, 1.54) is 0 Å². The number of rotatable bonds is 5. The molecular formula is C11H20N2O4S. The van der Waals surface area contributed by atoms with Gasteiger partial charge in [0.25, 0.3) is 0 Å². The number of carboxylic acids is 1. The van der Waals surface area contributed by atoms with E-state index in [2.05, 4.69) is 5.32 Å². The predicted molar refractivity (Wildman–Crippen MR) is 68.9 cm³/mol. The molecule has 2 amide bonds. The number of carboxylic acid groups (broad SMARTS) is 1. The van der Waals surface area contributed by atoms with Gasteiger partial charge in [-0.1, -0.05) is 0 Å². The molecule has 2 unspecified atom stereocenters. The van der Waals surface area contributed by atoms with Gasteiger partial charge in [-0.2, -0.15) is 0 Å². The second kappa shape index (κ2) is 7.35. The van der Waals surface area contributed by atoms with Gasteiger partial charge in [-0.15, -0.1) is 0 Å². The van der Waals surface area contributed by atoms with Crippen LogP contribution in [0.5, 0.6) is 0 Å². The smallest absolute Gasteiger partial charge is 0.317 e. The number of aliphatic carboxylic acids is 1. The van der Waals surface area contributed by atoms with Crippen molar-refractivity contribution in [2.45, 2.75) is 19.3 Å². The lowest BCUT2D eigenvalue weighted by atomic mass is 9.99. The van der Waals surface area contributed by atoms with Gasteiger partial charge in [-0.05, 0) is 19.3 Å². The molecule has 0 aromatic heterocycles. The van der Waals surface area contributed by atoms with Gasteiger partial charge < -0.3 is 15.3 Å². The fourth-order valence-corrected chi connectivity index (χ4v) is 2.50. The number of piperidine rings is 1. The van der Waals surface area contributed by atoms with Gasteiger partial charge in [0.15, 0.2) is 0 Å². The van der Waals surface area contributed by atoms with E-state index in [4.69, 9.17) is 5.11 Å². The summed E-state index contributed by atoms with van der Waals surface area (Å²) in [4.78, 5) is 24.2. The van der Waals surface area contributed by atoms with Crippen molar-refractivity contribution in [3.05, 3.63) is 0 Å². The van der Waals surface area contributed by atoms with Crippen LogP contribution in [0.1, 0.15) is 19.3 Å². The first-order chi connectivity index (χ1) is 8.50. The van der Waals surface area contributed by atoms with E-state index in [1.807, 2.05) is 0 Å². The Labute approximate surface area is 109 Å². The van der Waals surface area contributed by atoms with Gasteiger partial charge in [0.05, 0.1) is 5.92 Å². The van der Waals surface area contributed by atoms with Crippen LogP contribution >= 0.6 is 0 Å². The normalized spacial score (nSPS) is 21.4. The van der Waals surface area contributed by atoms with Gasteiger partial charge in [-0.25, -0.2) is 4.79 Å². The minimum Gasteiger partial charge on any atom is -0.481 e. The minimum atomic E-state index is -0.840. The van der Waals surface area contributed by atoms with Crippen molar-refractivity contribution >= 4 is 22.8 Å². The highest BCUT2D eigenvalue weighted by Gasteiger charge is 2.27. The molecule has 0 aromatic rings. The molecule has 18 heavy (non-hydrogen) atoms. The van der Waals surface area contributed by atoms with Crippen LogP contribution in [0.15, 0.2) is 0 Å². The Kier molecular flexibility index (Phi) is 6.11. The van der Waals surface area contributed by atoms with E-state index in [0.717, 1.165) is 6.42 Å². The maximum atomic E-state index is 11.8. The summed E-state index contributed by atoms with van der Waals surface area (Å²) in [7, 11) is -0.840. The standard InChI is InChI=1S/C11H20N2O4S/c1-18(17)7-3-5-12-11(16)13-6-2-4-9(8-13)10(14)15/h9H,2-8H2,1H3,(H,12,16)(H,14,15). The first-order valence-corrected chi connectivity index (χ1v) is 7.79. The molecule has 7 heteroatoms. The van der Waals surface area contributed by atoms with E-state index in [9.17, 15) is 13.8 Å². The summed E-state index contributed by atoms with van der Waals surface area (Å²) in [5, 5.41) is 11.6. The molecule has 104 valence electrons. The predicted octanol–water partition coefficient (Wildman–Crippen LogP) is 0.261. The number of carbonyl (C=O) groups is 2. The first-order valence-electron chi connectivity index (χ1n) is 6.06. The molecule has 0 saturated carbocycles. The third-order valence-corrected chi connectivity index (χ3v) is 3.81. The summed E-state index contributed by atoms with van der Waals surface area (Å²) in [6, 6.07) is -0.220. The second-order valence-corrected chi connectivity index (χ2v) is 6.04. The summed E-state index contributed by atoms with van der Waals surface area (Å²) < 4.78 is 10.8. The second-order valence-electron chi connectivity index (χ2n) is 4.49. The minimum absolute atomic E-state index is 0.220. The Balaban J connectivity index is 2.28. The molecule has 1 fully saturated rings. The third kappa shape index (κ3) is 5.03. The van der Waals surface area contributed by atoms with Crippen LogP contribution in [0.2, 0.25) is 0 Å². The highest BCUT2D eigenvalue weighted by molar-refractivity contribution is 7.84. The molecule has 0 aliphatic carbocycles. The third-order valence-electron chi connectivity index (χ3n) is 2.94. The molecule has 1 aliphatic heterocycles. The van der Waals surface area contributed by atoms with Crippen molar-refractivity contribution in [1.82, 2.24) is 10.2 Å². The number of hydrogen-bond acceptors (Lipinski definition) is 3. The Morgan fingerprint density at radius 3 is 2.83 bits per heavy atom. The quantitative estimate of drug-likeness (QED) is 0.705. The molecule has 2 atom stereocenters. The van der Waals surface area contributed by atoms with Crippen LogP contribution in [-0.4, -0.2) is 57.9 Å². The number of carbonyl (C=O) groups excluding carboxylic acids is 1. The summed E-state index contributed by atoms with van der Waals surface area (Å²) >= 11 is 0. The molecule has 0 bridgehead atoms. The average molecular weight is 276 g/mol. The lowest BCUT2D eigenvalue weighted by molar-refractivity contribution is -0.143. The van der Waals surface area contributed by atoms with Crippen LogP contribution in [0.4, 0.5) is 4.79 Å². The van der Waals surface area contributed by atoms with E-state index < -0.39 is 22.7 Å². The molecular weight excluding hydrogens is 256 g/mol. The van der Waals surface area contributed by atoms with Gasteiger partial charge in [0.1, 0.15) is 0 Å². The SMILES string of the molecule is CS(=O)CCCNC(=O)N1CCCC(C(=O)O)C1. The van der Waals surface area contributed by atoms with E-state index in [-0.39, 0.29) is 12.6 Å². The summed E-state index contributed by atoms with van der Waals surface area (Å²) in [6.07, 6.45) is 3.66. The highest BCUT2D eigenvalue weighted by Crippen LogP contribution is 2.16. The lowest BCUT2D eigenvalue weighted by Crippen LogP contribution is -2.47. The van der Waals surface area contributed by atoms with Gasteiger partial charge >= 0.3 is 12.0 Å². The van der Waals surface area contributed by atoms with Crippen LogP contribution in [0.25, 0.3) is 0 Å². The molecule has 1 heterocycles. The maximum absolute atomic E-state index is 11.8. The van der Waals surface area contributed by atoms with Crippen LogP contribution in [0.3, 0.4) is 0 Å². The molecule has 1 rings (SSSR count). The average Bonchev–Trinajstić information content (AvgIpc) is 2.34. The zero-order valence-corrected chi connectivity index (χ0v) is 11.4. The van der Waals surface area contributed by atoms with Crippen molar-refractivity contribution in [2.24, 2.45) is 5.92 Å². The summed E-state index contributed by atoms with van der Waals surface area (Å²) in [5.41, 5.74) is 0. The largest absolute Gasteiger partial charge is 0.481 e. The van der Waals surface area contributed by atoms with Crippen molar-refractivity contribution in [3.8, 4) is 0 Å². The Bertz CT molecular complexity index is 335. The fraction of sp³-hybridized carbons (Fsp3) is 0.818. The molecule has 6 nitrogen and oxygen atoms in total. The van der Waals surface area contributed by atoms with Crippen LogP contribution in [0, 0.1) is 5.92 Å². The first kappa shape index (κ1) is 14.9. The number of nitrogens with one attached hydrogen (secondary N) is 1. The molecule has 2 N–H and O–H groups in total. The highest BCUT2D eigenvalue weighted by atomic mass is 32.2. The van der Waals surface area contributed by atoms with E-state index in [0.29, 0.717) is 31.7 Å². The number of likely N-dealkylation sites (tertiary alicyclic amines) is 1. The monoisotopic (exact) mass is 276 g/mol. The lowest BCUT2D eigenvalue weighted by Gasteiger charge is -2.30. The van der Waals surface area contributed by atoms with Crippen molar-refractivity contribution < 1.29 is 18.9 Å². The number of amides is 2. The molecule has 0 spiro atoms. The molecule has 1 aliphatic rings. The van der Waals surface area contributed by atoms with Crippen molar-refractivity contribution in [1.29, 1.82) is 0 Å². The number of urea groups is 1. The Morgan fingerprint density at radius 2 is 2.22 bits per heavy atom. The van der Waals surface area contributed by atoms with E-state index >= 15 is 0 Å². The topological polar surface area (TPSA) is 86.7 Å². The summed E-state index contributed by atoms with van der Waals surface area (Å²) in [6.45, 7) is 1.36. The zero-order valence-electron chi connectivity index (χ0n) is 10.6. The van der Waals surface area contributed by atoms with Crippen molar-refractivity contribution in [3.63, 3.8) is 0 Å². The number of nitrogens with zero attached hydrogens (tertiary/aromatic N) is 1. The van der Waals surface area contributed by atoms with E-state index in [1.54, 1.807) is 11.2 Å². The van der Waals surface area contributed by atoms with Gasteiger partial charge in [0, 0.05) is 42.4 Å². The maximum Gasteiger partial charge on any atom is 0.317 e. The van der Waals surface area contributed by atoms with Crippen LogP contribution in [-0.2, 0) is 15.6 Å². The van der Waals surface area contributed by atoms with Gasteiger partial charge in [-0.3, -0.25) is 9.00 Å². The fourth-order valence-electron chi connectivity index (χ4n) is 1.95. The zero-order chi connectivity index (χ0) is 13.5.